The minimum Gasteiger partial charge on any atom is -0.492 e. The van der Waals surface area contributed by atoms with Crippen LogP contribution in [0.3, 0.4) is 0 Å². The molecule has 3 rings (SSSR count). The summed E-state index contributed by atoms with van der Waals surface area (Å²) < 4.78 is 17.2. The summed E-state index contributed by atoms with van der Waals surface area (Å²) in [6, 6.07) is 15.0. The third kappa shape index (κ3) is 4.67. The first-order valence-corrected chi connectivity index (χ1v) is 8.74. The third-order valence-electron chi connectivity index (χ3n) is 3.96. The Morgan fingerprint density at radius 1 is 1.19 bits per heavy atom. The van der Waals surface area contributed by atoms with Crippen LogP contribution in [0.25, 0.3) is 0 Å². The number of amides is 1. The number of carbonyl (C=O) groups is 1. The average molecular weight is 356 g/mol. The molecule has 0 aromatic heterocycles. The summed E-state index contributed by atoms with van der Waals surface area (Å²) in [7, 11) is 1.89. The number of hydrogen-bond donors (Lipinski definition) is 1. The van der Waals surface area contributed by atoms with Gasteiger partial charge in [0.2, 0.25) is 5.91 Å². The molecule has 0 saturated heterocycles. The zero-order chi connectivity index (χ0) is 18.4. The molecule has 2 aromatic carbocycles. The Labute approximate surface area is 153 Å². The highest BCUT2D eigenvalue weighted by Crippen LogP contribution is 2.31. The van der Waals surface area contributed by atoms with Crippen molar-refractivity contribution in [3.8, 4) is 17.2 Å². The van der Waals surface area contributed by atoms with E-state index in [1.165, 1.54) is 0 Å². The normalized spacial score (nSPS) is 15.6. The zero-order valence-corrected chi connectivity index (χ0v) is 15.1. The van der Waals surface area contributed by atoms with Gasteiger partial charge in [-0.3, -0.25) is 9.69 Å². The van der Waals surface area contributed by atoms with Gasteiger partial charge in [0, 0.05) is 6.54 Å². The van der Waals surface area contributed by atoms with Gasteiger partial charge >= 0.3 is 0 Å². The molecule has 1 aliphatic heterocycles. The minimum absolute atomic E-state index is 0.100. The molecule has 0 bridgehead atoms. The fourth-order valence-electron chi connectivity index (χ4n) is 2.85. The average Bonchev–Trinajstić information content (AvgIpc) is 2.63. The first kappa shape index (κ1) is 18.1. The molecule has 1 atom stereocenters. The van der Waals surface area contributed by atoms with Crippen molar-refractivity contribution in [3.63, 3.8) is 0 Å². The molecule has 0 saturated carbocycles. The minimum atomic E-state index is -0.113. The second-order valence-corrected chi connectivity index (χ2v) is 6.17. The van der Waals surface area contributed by atoms with Crippen molar-refractivity contribution >= 4 is 11.6 Å². The van der Waals surface area contributed by atoms with Crippen LogP contribution in [0.1, 0.15) is 6.92 Å². The van der Waals surface area contributed by atoms with Crippen molar-refractivity contribution in [2.75, 3.05) is 38.7 Å². The van der Waals surface area contributed by atoms with E-state index in [1.807, 2.05) is 67.4 Å². The molecular formula is C20H24N2O4. The number of benzene rings is 2. The van der Waals surface area contributed by atoms with Gasteiger partial charge in [0.1, 0.15) is 18.5 Å². The topological polar surface area (TPSA) is 60.0 Å². The Hall–Kier alpha value is -2.73. The van der Waals surface area contributed by atoms with Gasteiger partial charge < -0.3 is 19.5 Å². The number of ether oxygens (including phenoxy) is 3. The number of carbonyl (C=O) groups excluding carboxylic acids is 1. The molecule has 0 fully saturated rings. The van der Waals surface area contributed by atoms with Gasteiger partial charge in [0.25, 0.3) is 0 Å². The molecular weight excluding hydrogens is 332 g/mol. The Morgan fingerprint density at radius 2 is 1.92 bits per heavy atom. The number of para-hydroxylation sites is 4. The summed E-state index contributed by atoms with van der Waals surface area (Å²) in [6.45, 7) is 3.77. The second-order valence-electron chi connectivity index (χ2n) is 6.17. The van der Waals surface area contributed by atoms with Crippen molar-refractivity contribution in [3.05, 3.63) is 48.5 Å². The molecule has 0 spiro atoms. The van der Waals surface area contributed by atoms with Crippen LogP contribution in [0.2, 0.25) is 0 Å². The number of hydrogen-bond acceptors (Lipinski definition) is 5. The molecule has 6 heteroatoms. The third-order valence-corrected chi connectivity index (χ3v) is 3.96. The molecule has 6 nitrogen and oxygen atoms in total. The lowest BCUT2D eigenvalue weighted by molar-refractivity contribution is -0.117. The molecule has 1 heterocycles. The molecule has 1 unspecified atom stereocenters. The van der Waals surface area contributed by atoms with Crippen LogP contribution < -0.4 is 19.5 Å². The Bertz CT molecular complexity index is 750. The number of likely N-dealkylation sites (N-methyl/N-ethyl adjacent to an activating group) is 1. The Balaban J connectivity index is 1.51. The van der Waals surface area contributed by atoms with Crippen molar-refractivity contribution in [2.24, 2.45) is 0 Å². The number of nitrogens with zero attached hydrogens (tertiary/aromatic N) is 1. The number of nitrogens with one attached hydrogen (secondary N) is 1. The highest BCUT2D eigenvalue weighted by Gasteiger charge is 2.22. The van der Waals surface area contributed by atoms with Crippen LogP contribution >= 0.6 is 0 Å². The lowest BCUT2D eigenvalue weighted by Gasteiger charge is -2.29. The van der Waals surface area contributed by atoms with Gasteiger partial charge in [-0.2, -0.15) is 0 Å². The maximum absolute atomic E-state index is 12.3. The summed E-state index contributed by atoms with van der Waals surface area (Å²) in [5.74, 6) is 2.08. The Morgan fingerprint density at radius 3 is 2.73 bits per heavy atom. The number of fused-ring (bicyclic) bond motifs is 1. The predicted octanol–water partition coefficient (Wildman–Crippen LogP) is 2.80. The van der Waals surface area contributed by atoms with Gasteiger partial charge in [-0.1, -0.05) is 24.3 Å². The molecule has 0 radical (unpaired) electrons. The van der Waals surface area contributed by atoms with E-state index >= 15 is 0 Å². The monoisotopic (exact) mass is 356 g/mol. The fraction of sp³-hybridized carbons (Fsp3) is 0.350. The van der Waals surface area contributed by atoms with E-state index in [0.717, 1.165) is 11.5 Å². The first-order valence-electron chi connectivity index (χ1n) is 8.74. The second kappa shape index (κ2) is 8.58. The van der Waals surface area contributed by atoms with E-state index in [0.29, 0.717) is 31.2 Å². The van der Waals surface area contributed by atoms with Gasteiger partial charge in [0.05, 0.1) is 18.8 Å². The van der Waals surface area contributed by atoms with Crippen molar-refractivity contribution in [1.29, 1.82) is 0 Å². The van der Waals surface area contributed by atoms with Crippen LogP contribution in [0.5, 0.6) is 17.2 Å². The maximum atomic E-state index is 12.3. The van der Waals surface area contributed by atoms with Crippen LogP contribution in [0.4, 0.5) is 5.69 Å². The standard InChI is InChI=1S/C20H24N2O4/c1-3-24-17-9-5-4-8-16(17)21-20(23)13-22(2)12-15-14-25-18-10-6-7-11-19(18)26-15/h4-11,15H,3,12-14H2,1-2H3,(H,21,23). The summed E-state index contributed by atoms with van der Waals surface area (Å²) in [6.07, 6.45) is -0.113. The molecule has 26 heavy (non-hydrogen) atoms. The largest absolute Gasteiger partial charge is 0.492 e. The fourth-order valence-corrected chi connectivity index (χ4v) is 2.85. The van der Waals surface area contributed by atoms with Gasteiger partial charge in [-0.05, 0) is 38.2 Å². The summed E-state index contributed by atoms with van der Waals surface area (Å²) >= 11 is 0. The molecule has 0 aliphatic carbocycles. The Kier molecular flexibility index (Phi) is 5.96. The van der Waals surface area contributed by atoms with E-state index in [1.54, 1.807) is 0 Å². The van der Waals surface area contributed by atoms with E-state index in [2.05, 4.69) is 5.32 Å². The lowest BCUT2D eigenvalue weighted by Crippen LogP contribution is -2.42. The van der Waals surface area contributed by atoms with Crippen LogP contribution in [-0.2, 0) is 4.79 Å². The SMILES string of the molecule is CCOc1ccccc1NC(=O)CN(C)CC1COc2ccccc2O1. The summed E-state index contributed by atoms with van der Waals surface area (Å²) in [5.41, 5.74) is 0.680. The highest BCUT2D eigenvalue weighted by molar-refractivity contribution is 5.93. The van der Waals surface area contributed by atoms with E-state index in [9.17, 15) is 4.79 Å². The van der Waals surface area contributed by atoms with Crippen LogP contribution in [-0.4, -0.2) is 50.3 Å². The molecule has 138 valence electrons. The van der Waals surface area contributed by atoms with Gasteiger partial charge in [-0.25, -0.2) is 0 Å². The number of rotatable bonds is 7. The number of anilines is 1. The van der Waals surface area contributed by atoms with E-state index in [-0.39, 0.29) is 18.6 Å². The predicted molar refractivity (Wildman–Crippen MR) is 100 cm³/mol. The lowest BCUT2D eigenvalue weighted by atomic mass is 10.2. The quantitative estimate of drug-likeness (QED) is 0.827. The van der Waals surface area contributed by atoms with Crippen molar-refractivity contribution < 1.29 is 19.0 Å². The first-order chi connectivity index (χ1) is 12.7. The molecule has 1 N–H and O–H groups in total. The summed E-state index contributed by atoms with van der Waals surface area (Å²) in [4.78, 5) is 14.3. The molecule has 1 amide bonds. The van der Waals surface area contributed by atoms with Crippen LogP contribution in [0, 0.1) is 0 Å². The maximum Gasteiger partial charge on any atom is 0.238 e. The molecule has 1 aliphatic rings. The van der Waals surface area contributed by atoms with Gasteiger partial charge in [-0.15, -0.1) is 0 Å². The van der Waals surface area contributed by atoms with Gasteiger partial charge in [0.15, 0.2) is 11.5 Å². The van der Waals surface area contributed by atoms with E-state index in [4.69, 9.17) is 14.2 Å². The van der Waals surface area contributed by atoms with Crippen molar-refractivity contribution in [1.82, 2.24) is 4.90 Å². The highest BCUT2D eigenvalue weighted by atomic mass is 16.6. The van der Waals surface area contributed by atoms with E-state index < -0.39 is 0 Å². The summed E-state index contributed by atoms with van der Waals surface area (Å²) in [5, 5.41) is 2.90. The smallest absolute Gasteiger partial charge is 0.238 e. The van der Waals surface area contributed by atoms with Crippen LogP contribution in [0.15, 0.2) is 48.5 Å². The van der Waals surface area contributed by atoms with Crippen molar-refractivity contribution in [2.45, 2.75) is 13.0 Å². The zero-order valence-electron chi connectivity index (χ0n) is 15.1. The molecule has 2 aromatic rings.